The molecule has 0 fully saturated rings. The molecule has 106 valence electrons. The van der Waals surface area contributed by atoms with Crippen molar-refractivity contribution in [2.75, 3.05) is 11.9 Å². The number of ether oxygens (including phenoxy) is 1. The third kappa shape index (κ3) is 3.42. The van der Waals surface area contributed by atoms with Crippen LogP contribution in [0.25, 0.3) is 0 Å². The van der Waals surface area contributed by atoms with E-state index in [0.717, 1.165) is 17.0 Å². The molecule has 0 saturated carbocycles. The van der Waals surface area contributed by atoms with Crippen molar-refractivity contribution in [3.05, 3.63) is 39.8 Å². The van der Waals surface area contributed by atoms with Gasteiger partial charge in [-0.05, 0) is 19.1 Å². The topological polar surface area (TPSA) is 42.4 Å². The highest BCUT2D eigenvalue weighted by Crippen LogP contribution is 2.33. The first kappa shape index (κ1) is 15.1. The van der Waals surface area contributed by atoms with E-state index < -0.39 is 6.10 Å². The Kier molecular flexibility index (Phi) is 4.86. The van der Waals surface area contributed by atoms with Crippen LogP contribution in [-0.4, -0.2) is 24.0 Å². The first-order valence-electron chi connectivity index (χ1n) is 5.80. The molecule has 0 bridgehead atoms. The summed E-state index contributed by atoms with van der Waals surface area (Å²) in [6.45, 7) is 1.66. The van der Waals surface area contributed by atoms with Crippen molar-refractivity contribution >= 4 is 46.1 Å². The van der Waals surface area contributed by atoms with Gasteiger partial charge in [0.15, 0.2) is 11.3 Å². The molecule has 0 aliphatic heterocycles. The summed E-state index contributed by atoms with van der Waals surface area (Å²) in [5, 5.41) is 0.463. The van der Waals surface area contributed by atoms with Crippen molar-refractivity contribution in [3.8, 4) is 5.19 Å². The van der Waals surface area contributed by atoms with E-state index in [-0.39, 0.29) is 16.3 Å². The SMILES string of the molecule is CC(Oc1nc(Cl)c(Cl)s1)C(=O)N(C)c1ccccc1. The van der Waals surface area contributed by atoms with E-state index >= 15 is 0 Å². The molecular weight excluding hydrogens is 319 g/mol. The molecule has 1 unspecified atom stereocenters. The highest BCUT2D eigenvalue weighted by atomic mass is 35.5. The number of carbonyl (C=O) groups excluding carboxylic acids is 1. The zero-order valence-corrected chi connectivity index (χ0v) is 13.2. The maximum atomic E-state index is 12.3. The smallest absolute Gasteiger partial charge is 0.276 e. The lowest BCUT2D eigenvalue weighted by molar-refractivity contribution is -0.124. The van der Waals surface area contributed by atoms with E-state index in [1.807, 2.05) is 30.3 Å². The van der Waals surface area contributed by atoms with Gasteiger partial charge >= 0.3 is 0 Å². The molecule has 0 N–H and O–H groups in total. The van der Waals surface area contributed by atoms with E-state index in [2.05, 4.69) is 4.98 Å². The molecule has 0 spiro atoms. The number of hydrogen-bond donors (Lipinski definition) is 0. The van der Waals surface area contributed by atoms with Gasteiger partial charge in [0.1, 0.15) is 4.34 Å². The van der Waals surface area contributed by atoms with Crippen molar-refractivity contribution < 1.29 is 9.53 Å². The largest absolute Gasteiger partial charge is 0.457 e. The Hall–Kier alpha value is -1.30. The number of thiazole rings is 1. The van der Waals surface area contributed by atoms with Crippen LogP contribution in [0.1, 0.15) is 6.92 Å². The summed E-state index contributed by atoms with van der Waals surface area (Å²) in [7, 11) is 1.69. The van der Waals surface area contributed by atoms with Gasteiger partial charge in [0, 0.05) is 12.7 Å². The first-order chi connectivity index (χ1) is 9.49. The summed E-state index contributed by atoms with van der Waals surface area (Å²) in [5.74, 6) is -0.182. The zero-order chi connectivity index (χ0) is 14.7. The van der Waals surface area contributed by atoms with Gasteiger partial charge in [-0.1, -0.05) is 52.7 Å². The molecule has 1 heterocycles. The van der Waals surface area contributed by atoms with Crippen molar-refractivity contribution in [1.29, 1.82) is 0 Å². The normalized spacial score (nSPS) is 12.0. The monoisotopic (exact) mass is 330 g/mol. The average molecular weight is 331 g/mol. The molecule has 0 aliphatic rings. The highest BCUT2D eigenvalue weighted by Gasteiger charge is 2.22. The number of anilines is 1. The van der Waals surface area contributed by atoms with Gasteiger partial charge in [0.25, 0.3) is 11.1 Å². The van der Waals surface area contributed by atoms with Gasteiger partial charge in [0.2, 0.25) is 0 Å². The number of aromatic nitrogens is 1. The average Bonchev–Trinajstić information content (AvgIpc) is 2.76. The van der Waals surface area contributed by atoms with Crippen LogP contribution in [0, 0.1) is 0 Å². The third-order valence-electron chi connectivity index (χ3n) is 2.63. The van der Waals surface area contributed by atoms with Gasteiger partial charge in [-0.15, -0.1) is 0 Å². The fraction of sp³-hybridized carbons (Fsp3) is 0.231. The summed E-state index contributed by atoms with van der Waals surface area (Å²) in [6.07, 6.45) is -0.682. The fourth-order valence-electron chi connectivity index (χ4n) is 1.57. The van der Waals surface area contributed by atoms with Gasteiger partial charge < -0.3 is 9.64 Å². The second-order valence-corrected chi connectivity index (χ2v) is 5.96. The number of rotatable bonds is 4. The summed E-state index contributed by atoms with van der Waals surface area (Å²) in [6, 6.07) is 9.32. The van der Waals surface area contributed by atoms with Crippen LogP contribution in [0.2, 0.25) is 9.49 Å². The minimum atomic E-state index is -0.682. The molecule has 1 amide bonds. The minimum Gasteiger partial charge on any atom is -0.457 e. The molecule has 2 rings (SSSR count). The van der Waals surface area contributed by atoms with E-state index in [4.69, 9.17) is 27.9 Å². The predicted molar refractivity (Wildman–Crippen MR) is 82.1 cm³/mol. The first-order valence-corrected chi connectivity index (χ1v) is 7.37. The molecule has 2 aromatic rings. The molecular formula is C13H12Cl2N2O2S. The summed E-state index contributed by atoms with van der Waals surface area (Å²) < 4.78 is 5.81. The molecule has 7 heteroatoms. The molecule has 1 aromatic heterocycles. The number of benzene rings is 1. The molecule has 1 aromatic carbocycles. The second-order valence-electron chi connectivity index (χ2n) is 4.04. The van der Waals surface area contributed by atoms with E-state index in [1.165, 1.54) is 4.90 Å². The molecule has 0 aliphatic carbocycles. The standard InChI is InChI=1S/C13H12Cl2N2O2S/c1-8(19-13-16-10(14)11(15)20-13)12(18)17(2)9-6-4-3-5-7-9/h3-8H,1-2H3. The third-order valence-corrected chi connectivity index (χ3v) is 4.26. The highest BCUT2D eigenvalue weighted by molar-refractivity contribution is 7.18. The van der Waals surface area contributed by atoms with Crippen LogP contribution in [0.5, 0.6) is 5.19 Å². The Morgan fingerprint density at radius 3 is 2.55 bits per heavy atom. The Balaban J connectivity index is 2.05. The van der Waals surface area contributed by atoms with Crippen LogP contribution in [-0.2, 0) is 4.79 Å². The second kappa shape index (κ2) is 6.43. The number of amides is 1. The van der Waals surface area contributed by atoms with Gasteiger partial charge in [-0.25, -0.2) is 0 Å². The Labute approximate surface area is 130 Å². The van der Waals surface area contributed by atoms with Gasteiger partial charge in [0.05, 0.1) is 0 Å². The Bertz CT molecular complexity index is 584. The number of hydrogen-bond acceptors (Lipinski definition) is 4. The number of likely N-dealkylation sites (N-methyl/N-ethyl adjacent to an activating group) is 1. The maximum Gasteiger partial charge on any atom is 0.276 e. The molecule has 1 atom stereocenters. The van der Waals surface area contributed by atoms with Crippen molar-refractivity contribution in [2.45, 2.75) is 13.0 Å². The fourth-order valence-corrected chi connectivity index (χ4v) is 2.66. The maximum absolute atomic E-state index is 12.3. The van der Waals surface area contributed by atoms with Crippen LogP contribution in [0.4, 0.5) is 5.69 Å². The lowest BCUT2D eigenvalue weighted by Crippen LogP contribution is -2.37. The molecule has 0 radical (unpaired) electrons. The van der Waals surface area contributed by atoms with Crippen LogP contribution >= 0.6 is 34.5 Å². The molecule has 4 nitrogen and oxygen atoms in total. The van der Waals surface area contributed by atoms with Crippen molar-refractivity contribution in [2.24, 2.45) is 0 Å². The predicted octanol–water partition coefficient (Wildman–Crippen LogP) is 3.88. The Morgan fingerprint density at radius 1 is 1.35 bits per heavy atom. The van der Waals surface area contributed by atoms with Crippen molar-refractivity contribution in [3.63, 3.8) is 0 Å². The van der Waals surface area contributed by atoms with Gasteiger partial charge in [-0.3, -0.25) is 4.79 Å². The summed E-state index contributed by atoms with van der Waals surface area (Å²) in [4.78, 5) is 17.7. The van der Waals surface area contributed by atoms with Crippen LogP contribution in [0.3, 0.4) is 0 Å². The van der Waals surface area contributed by atoms with E-state index in [0.29, 0.717) is 4.34 Å². The Morgan fingerprint density at radius 2 is 2.00 bits per heavy atom. The number of para-hydroxylation sites is 1. The lowest BCUT2D eigenvalue weighted by Gasteiger charge is -2.21. The zero-order valence-electron chi connectivity index (χ0n) is 10.8. The van der Waals surface area contributed by atoms with Crippen LogP contribution in [0.15, 0.2) is 30.3 Å². The van der Waals surface area contributed by atoms with E-state index in [1.54, 1.807) is 14.0 Å². The number of carbonyl (C=O) groups is 1. The number of nitrogens with zero attached hydrogens (tertiary/aromatic N) is 2. The van der Waals surface area contributed by atoms with Crippen molar-refractivity contribution in [1.82, 2.24) is 4.98 Å². The van der Waals surface area contributed by atoms with E-state index in [9.17, 15) is 4.79 Å². The molecule has 0 saturated heterocycles. The molecule has 20 heavy (non-hydrogen) atoms. The quantitative estimate of drug-likeness (QED) is 0.854. The number of halogens is 2. The summed E-state index contributed by atoms with van der Waals surface area (Å²) in [5.41, 5.74) is 0.795. The van der Waals surface area contributed by atoms with Crippen LogP contribution < -0.4 is 9.64 Å². The summed E-state index contributed by atoms with van der Waals surface area (Å²) >= 11 is 12.6. The van der Waals surface area contributed by atoms with Gasteiger partial charge in [-0.2, -0.15) is 4.98 Å². The lowest BCUT2D eigenvalue weighted by atomic mass is 10.2. The minimum absolute atomic E-state index is 0.182.